The summed E-state index contributed by atoms with van der Waals surface area (Å²) < 4.78 is 5.43. The first-order valence-corrected chi connectivity index (χ1v) is 4.12. The molecule has 1 unspecified atom stereocenters. The van der Waals surface area contributed by atoms with Gasteiger partial charge >= 0.3 is 0 Å². The molecule has 1 fully saturated rings. The first-order chi connectivity index (χ1) is 4.54. The Kier molecular flexibility index (Phi) is 2.04. The standard InChI is InChI=1S/C9H18O/c1-7(2)8-5-10-6-9(8,3)4/h7-8H,5-6H2,1-4H3. The van der Waals surface area contributed by atoms with Gasteiger partial charge < -0.3 is 4.74 Å². The Morgan fingerprint density at radius 3 is 2.20 bits per heavy atom. The van der Waals surface area contributed by atoms with Gasteiger partial charge in [-0.2, -0.15) is 0 Å². The van der Waals surface area contributed by atoms with E-state index in [0.29, 0.717) is 5.41 Å². The van der Waals surface area contributed by atoms with Crippen LogP contribution in [-0.2, 0) is 4.74 Å². The minimum Gasteiger partial charge on any atom is -0.381 e. The Hall–Kier alpha value is -0.0400. The van der Waals surface area contributed by atoms with Crippen molar-refractivity contribution in [3.8, 4) is 0 Å². The highest BCUT2D eigenvalue weighted by molar-refractivity contribution is 4.84. The molecule has 60 valence electrons. The van der Waals surface area contributed by atoms with Crippen molar-refractivity contribution in [2.45, 2.75) is 27.7 Å². The molecule has 0 aromatic heterocycles. The van der Waals surface area contributed by atoms with Crippen LogP contribution in [0, 0.1) is 17.3 Å². The third-order valence-corrected chi connectivity index (χ3v) is 2.58. The van der Waals surface area contributed by atoms with Gasteiger partial charge in [-0.25, -0.2) is 0 Å². The summed E-state index contributed by atoms with van der Waals surface area (Å²) in [5.74, 6) is 1.52. The van der Waals surface area contributed by atoms with Gasteiger partial charge in [0.25, 0.3) is 0 Å². The fourth-order valence-corrected chi connectivity index (χ4v) is 1.88. The monoisotopic (exact) mass is 142 g/mol. The Balaban J connectivity index is 2.59. The predicted octanol–water partition coefficient (Wildman–Crippen LogP) is 2.32. The molecule has 0 radical (unpaired) electrons. The fourth-order valence-electron chi connectivity index (χ4n) is 1.88. The Morgan fingerprint density at radius 1 is 1.40 bits per heavy atom. The Bertz CT molecular complexity index is 116. The summed E-state index contributed by atoms with van der Waals surface area (Å²) in [5, 5.41) is 0. The summed E-state index contributed by atoms with van der Waals surface area (Å²) >= 11 is 0. The summed E-state index contributed by atoms with van der Waals surface area (Å²) in [4.78, 5) is 0. The largest absolute Gasteiger partial charge is 0.381 e. The molecule has 1 rings (SSSR count). The number of ether oxygens (including phenoxy) is 1. The molecule has 0 aromatic rings. The molecular formula is C9H18O. The van der Waals surface area contributed by atoms with Crippen molar-refractivity contribution in [1.82, 2.24) is 0 Å². The third kappa shape index (κ3) is 1.34. The minimum absolute atomic E-state index is 0.411. The lowest BCUT2D eigenvalue weighted by Crippen LogP contribution is -2.26. The highest BCUT2D eigenvalue weighted by Gasteiger charge is 2.37. The van der Waals surface area contributed by atoms with Crippen molar-refractivity contribution in [2.75, 3.05) is 13.2 Å². The Labute approximate surface area is 63.8 Å². The summed E-state index contributed by atoms with van der Waals surface area (Å²) in [7, 11) is 0. The molecular weight excluding hydrogens is 124 g/mol. The number of rotatable bonds is 1. The summed E-state index contributed by atoms with van der Waals surface area (Å²) in [6.07, 6.45) is 0. The zero-order valence-electron chi connectivity index (χ0n) is 7.48. The molecule has 1 atom stereocenters. The zero-order chi connectivity index (χ0) is 7.78. The van der Waals surface area contributed by atoms with Crippen LogP contribution in [-0.4, -0.2) is 13.2 Å². The van der Waals surface area contributed by atoms with Crippen LogP contribution in [0.4, 0.5) is 0 Å². The molecule has 0 saturated carbocycles. The second-order valence-electron chi connectivity index (χ2n) is 4.35. The van der Waals surface area contributed by atoms with E-state index in [4.69, 9.17) is 4.74 Å². The van der Waals surface area contributed by atoms with Gasteiger partial charge in [0.2, 0.25) is 0 Å². The van der Waals surface area contributed by atoms with Crippen LogP contribution in [0.3, 0.4) is 0 Å². The number of hydrogen-bond acceptors (Lipinski definition) is 1. The van der Waals surface area contributed by atoms with E-state index in [0.717, 1.165) is 25.0 Å². The topological polar surface area (TPSA) is 9.23 Å². The van der Waals surface area contributed by atoms with Gasteiger partial charge in [-0.3, -0.25) is 0 Å². The van der Waals surface area contributed by atoms with Crippen molar-refractivity contribution in [3.63, 3.8) is 0 Å². The van der Waals surface area contributed by atoms with Crippen molar-refractivity contribution < 1.29 is 4.74 Å². The van der Waals surface area contributed by atoms with E-state index in [1.54, 1.807) is 0 Å². The normalized spacial score (nSPS) is 31.5. The van der Waals surface area contributed by atoms with Crippen molar-refractivity contribution in [2.24, 2.45) is 17.3 Å². The molecule has 1 aliphatic heterocycles. The maximum Gasteiger partial charge on any atom is 0.0520 e. The van der Waals surface area contributed by atoms with E-state index < -0.39 is 0 Å². The van der Waals surface area contributed by atoms with Gasteiger partial charge in [0.1, 0.15) is 0 Å². The van der Waals surface area contributed by atoms with Crippen LogP contribution < -0.4 is 0 Å². The molecule has 1 nitrogen and oxygen atoms in total. The lowest BCUT2D eigenvalue weighted by atomic mass is 9.76. The van der Waals surface area contributed by atoms with Crippen molar-refractivity contribution in [3.05, 3.63) is 0 Å². The highest BCUT2D eigenvalue weighted by atomic mass is 16.5. The first kappa shape index (κ1) is 8.06. The molecule has 0 bridgehead atoms. The van der Waals surface area contributed by atoms with E-state index in [-0.39, 0.29) is 0 Å². The van der Waals surface area contributed by atoms with Crippen LogP contribution in [0.5, 0.6) is 0 Å². The van der Waals surface area contributed by atoms with Gasteiger partial charge in [0, 0.05) is 0 Å². The van der Waals surface area contributed by atoms with Gasteiger partial charge in [0.05, 0.1) is 13.2 Å². The average molecular weight is 142 g/mol. The molecule has 0 amide bonds. The van der Waals surface area contributed by atoms with Gasteiger partial charge in [-0.15, -0.1) is 0 Å². The zero-order valence-corrected chi connectivity index (χ0v) is 7.48. The van der Waals surface area contributed by atoms with Crippen LogP contribution in [0.25, 0.3) is 0 Å². The number of hydrogen-bond donors (Lipinski definition) is 0. The van der Waals surface area contributed by atoms with E-state index in [9.17, 15) is 0 Å². The quantitative estimate of drug-likeness (QED) is 0.546. The van der Waals surface area contributed by atoms with Crippen molar-refractivity contribution in [1.29, 1.82) is 0 Å². The Morgan fingerprint density at radius 2 is 2.00 bits per heavy atom. The maximum absolute atomic E-state index is 5.43. The summed E-state index contributed by atoms with van der Waals surface area (Å²) in [6.45, 7) is 11.1. The van der Waals surface area contributed by atoms with E-state index >= 15 is 0 Å². The molecule has 0 aliphatic carbocycles. The predicted molar refractivity (Wildman–Crippen MR) is 42.9 cm³/mol. The van der Waals surface area contributed by atoms with E-state index in [2.05, 4.69) is 27.7 Å². The van der Waals surface area contributed by atoms with Gasteiger partial charge in [0.15, 0.2) is 0 Å². The van der Waals surface area contributed by atoms with Crippen molar-refractivity contribution >= 4 is 0 Å². The lowest BCUT2D eigenvalue weighted by Gasteiger charge is -2.27. The second-order valence-corrected chi connectivity index (χ2v) is 4.35. The van der Waals surface area contributed by atoms with Crippen LogP contribution in [0.2, 0.25) is 0 Å². The highest BCUT2D eigenvalue weighted by Crippen LogP contribution is 2.37. The molecule has 1 aliphatic rings. The first-order valence-electron chi connectivity index (χ1n) is 4.12. The SMILES string of the molecule is CC(C)C1COCC1(C)C. The average Bonchev–Trinajstić information content (AvgIpc) is 2.08. The molecule has 10 heavy (non-hydrogen) atoms. The molecule has 0 aromatic carbocycles. The van der Waals surface area contributed by atoms with Gasteiger partial charge in [-0.05, 0) is 17.3 Å². The third-order valence-electron chi connectivity index (χ3n) is 2.58. The van der Waals surface area contributed by atoms with Gasteiger partial charge in [-0.1, -0.05) is 27.7 Å². The molecule has 1 heteroatoms. The minimum atomic E-state index is 0.411. The lowest BCUT2D eigenvalue weighted by molar-refractivity contribution is 0.166. The summed E-state index contributed by atoms with van der Waals surface area (Å²) in [6, 6.07) is 0. The van der Waals surface area contributed by atoms with Crippen LogP contribution in [0.1, 0.15) is 27.7 Å². The van der Waals surface area contributed by atoms with E-state index in [1.807, 2.05) is 0 Å². The van der Waals surface area contributed by atoms with Crippen LogP contribution in [0.15, 0.2) is 0 Å². The van der Waals surface area contributed by atoms with Crippen LogP contribution >= 0.6 is 0 Å². The van der Waals surface area contributed by atoms with E-state index in [1.165, 1.54) is 0 Å². The maximum atomic E-state index is 5.43. The molecule has 0 N–H and O–H groups in total. The molecule has 1 heterocycles. The fraction of sp³-hybridized carbons (Fsp3) is 1.00. The smallest absolute Gasteiger partial charge is 0.0520 e. The second kappa shape index (κ2) is 2.54. The molecule has 0 spiro atoms. The molecule has 1 saturated heterocycles. The summed E-state index contributed by atoms with van der Waals surface area (Å²) in [5.41, 5.74) is 0.411.